The summed E-state index contributed by atoms with van der Waals surface area (Å²) in [5.74, 6) is -0.421. The summed E-state index contributed by atoms with van der Waals surface area (Å²) in [5, 5.41) is 3.62. The number of hydrogen-bond donors (Lipinski definition) is 1. The van der Waals surface area contributed by atoms with E-state index in [1.807, 2.05) is 48.5 Å². The van der Waals surface area contributed by atoms with Crippen molar-refractivity contribution < 1.29 is 14.3 Å². The van der Waals surface area contributed by atoms with E-state index >= 15 is 0 Å². The lowest BCUT2D eigenvalue weighted by molar-refractivity contribution is -0.123. The number of carbonyl (C=O) groups is 2. The number of para-hydroxylation sites is 1. The van der Waals surface area contributed by atoms with Crippen molar-refractivity contribution in [1.82, 2.24) is 9.88 Å². The van der Waals surface area contributed by atoms with Crippen LogP contribution in [0.4, 0.5) is 5.69 Å². The van der Waals surface area contributed by atoms with Crippen LogP contribution >= 0.6 is 0 Å². The van der Waals surface area contributed by atoms with Gasteiger partial charge in [-0.3, -0.25) is 14.7 Å². The zero-order valence-corrected chi connectivity index (χ0v) is 20.4. The van der Waals surface area contributed by atoms with Crippen molar-refractivity contribution in [2.24, 2.45) is 0 Å². The minimum atomic E-state index is -0.935. The van der Waals surface area contributed by atoms with Crippen molar-refractivity contribution >= 4 is 28.5 Å². The quantitative estimate of drug-likeness (QED) is 0.485. The molecule has 0 saturated heterocycles. The van der Waals surface area contributed by atoms with Crippen molar-refractivity contribution in [2.45, 2.75) is 59.1 Å². The summed E-state index contributed by atoms with van der Waals surface area (Å²) < 4.78 is 5.70. The Kier molecular flexibility index (Phi) is 7.27. The van der Waals surface area contributed by atoms with Crippen molar-refractivity contribution in [3.8, 4) is 0 Å². The van der Waals surface area contributed by atoms with Crippen LogP contribution in [0, 0.1) is 0 Å². The van der Waals surface area contributed by atoms with Crippen LogP contribution in [0.2, 0.25) is 0 Å². The fourth-order valence-corrected chi connectivity index (χ4v) is 4.45. The largest absolute Gasteiger partial charge is 0.449 e. The highest BCUT2D eigenvalue weighted by Crippen LogP contribution is 2.29. The molecule has 6 nitrogen and oxygen atoms in total. The molecule has 1 aliphatic heterocycles. The van der Waals surface area contributed by atoms with Gasteiger partial charge in [0, 0.05) is 41.8 Å². The molecule has 0 fully saturated rings. The third-order valence-electron chi connectivity index (χ3n) is 6.37. The maximum atomic E-state index is 13.4. The Morgan fingerprint density at radius 3 is 2.53 bits per heavy atom. The minimum absolute atomic E-state index is 0.356. The average Bonchev–Trinajstić information content (AvgIpc) is 2.83. The molecule has 6 heteroatoms. The molecule has 34 heavy (non-hydrogen) atoms. The number of nitrogens with zero attached hydrogens (tertiary/aromatic N) is 2. The number of esters is 1. The molecule has 1 unspecified atom stereocenters. The third kappa shape index (κ3) is 5.12. The molecule has 0 bridgehead atoms. The first-order valence-electron chi connectivity index (χ1n) is 12.1. The van der Waals surface area contributed by atoms with Gasteiger partial charge >= 0.3 is 5.97 Å². The number of aromatic nitrogens is 1. The van der Waals surface area contributed by atoms with Gasteiger partial charge in [-0.05, 0) is 49.6 Å². The molecule has 1 aliphatic rings. The Morgan fingerprint density at radius 1 is 1.09 bits per heavy atom. The minimum Gasteiger partial charge on any atom is -0.449 e. The van der Waals surface area contributed by atoms with Crippen LogP contribution < -0.4 is 5.32 Å². The summed E-state index contributed by atoms with van der Waals surface area (Å²) in [6.45, 7) is 10.6. The summed E-state index contributed by atoms with van der Waals surface area (Å²) >= 11 is 0. The molecule has 0 saturated carbocycles. The zero-order valence-electron chi connectivity index (χ0n) is 20.4. The van der Waals surface area contributed by atoms with E-state index in [1.54, 1.807) is 6.92 Å². The van der Waals surface area contributed by atoms with Crippen LogP contribution in [-0.2, 0) is 22.5 Å². The fourth-order valence-electron chi connectivity index (χ4n) is 4.45. The van der Waals surface area contributed by atoms with Gasteiger partial charge in [0.25, 0.3) is 5.91 Å². The lowest BCUT2D eigenvalue weighted by atomic mass is 9.95. The van der Waals surface area contributed by atoms with Crippen LogP contribution in [-0.4, -0.2) is 41.0 Å². The molecule has 1 N–H and O–H groups in total. The molecule has 2 aromatic carbocycles. The SMILES string of the molecule is CCCN1CCc2nc3ccccc3c(C(=O)OC(C)C(=O)Nc3ccc(C(C)C)cc3)c2C1. The number of amides is 1. The summed E-state index contributed by atoms with van der Waals surface area (Å²) in [6, 6.07) is 15.4. The van der Waals surface area contributed by atoms with Crippen molar-refractivity contribution in [2.75, 3.05) is 18.4 Å². The molecule has 3 aromatic rings. The van der Waals surface area contributed by atoms with Crippen molar-refractivity contribution in [3.63, 3.8) is 0 Å². The molecular formula is C28H33N3O3. The van der Waals surface area contributed by atoms with Gasteiger partial charge in [-0.1, -0.05) is 51.1 Å². The summed E-state index contributed by atoms with van der Waals surface area (Å²) in [5.41, 5.74) is 5.05. The molecule has 1 atom stereocenters. The molecule has 1 amide bonds. The van der Waals surface area contributed by atoms with Gasteiger partial charge in [-0.15, -0.1) is 0 Å². The van der Waals surface area contributed by atoms with Gasteiger partial charge in [0.1, 0.15) is 0 Å². The number of benzene rings is 2. The second kappa shape index (κ2) is 10.3. The third-order valence-corrected chi connectivity index (χ3v) is 6.37. The van der Waals surface area contributed by atoms with E-state index in [0.717, 1.165) is 48.1 Å². The summed E-state index contributed by atoms with van der Waals surface area (Å²) in [4.78, 5) is 33.4. The first-order valence-corrected chi connectivity index (χ1v) is 12.1. The monoisotopic (exact) mass is 459 g/mol. The Balaban J connectivity index is 1.56. The number of nitrogens with one attached hydrogen (secondary N) is 1. The Labute approximate surface area is 201 Å². The average molecular weight is 460 g/mol. The summed E-state index contributed by atoms with van der Waals surface area (Å²) in [7, 11) is 0. The molecule has 2 heterocycles. The Morgan fingerprint density at radius 2 is 1.82 bits per heavy atom. The van der Waals surface area contributed by atoms with E-state index < -0.39 is 12.1 Å². The molecular weight excluding hydrogens is 426 g/mol. The van der Waals surface area contributed by atoms with Crippen LogP contribution in [0.5, 0.6) is 0 Å². The van der Waals surface area contributed by atoms with Crippen LogP contribution in [0.1, 0.15) is 67.2 Å². The van der Waals surface area contributed by atoms with E-state index in [1.165, 1.54) is 5.56 Å². The number of anilines is 1. The molecule has 4 rings (SSSR count). The lowest BCUT2D eigenvalue weighted by Crippen LogP contribution is -2.34. The highest BCUT2D eigenvalue weighted by atomic mass is 16.5. The number of hydrogen-bond acceptors (Lipinski definition) is 5. The van der Waals surface area contributed by atoms with E-state index in [2.05, 4.69) is 31.0 Å². The van der Waals surface area contributed by atoms with Gasteiger partial charge in [0.15, 0.2) is 6.10 Å². The zero-order chi connectivity index (χ0) is 24.2. The van der Waals surface area contributed by atoms with Gasteiger partial charge in [0.05, 0.1) is 11.1 Å². The smallest absolute Gasteiger partial charge is 0.339 e. The van der Waals surface area contributed by atoms with Crippen LogP contribution in [0.15, 0.2) is 48.5 Å². The maximum Gasteiger partial charge on any atom is 0.339 e. The first kappa shape index (κ1) is 23.9. The Bertz CT molecular complexity index is 1190. The number of ether oxygens (including phenoxy) is 1. The van der Waals surface area contributed by atoms with Crippen molar-refractivity contribution in [1.29, 1.82) is 0 Å². The first-order chi connectivity index (χ1) is 16.4. The molecule has 0 spiro atoms. The van der Waals surface area contributed by atoms with Crippen LogP contribution in [0.25, 0.3) is 10.9 Å². The highest BCUT2D eigenvalue weighted by Gasteiger charge is 2.28. The van der Waals surface area contributed by atoms with E-state index in [9.17, 15) is 9.59 Å². The van der Waals surface area contributed by atoms with E-state index in [0.29, 0.717) is 23.7 Å². The van der Waals surface area contributed by atoms with E-state index in [-0.39, 0.29) is 5.91 Å². The lowest BCUT2D eigenvalue weighted by Gasteiger charge is -2.29. The number of carbonyl (C=O) groups excluding carboxylic acids is 2. The Hall–Kier alpha value is -3.25. The van der Waals surface area contributed by atoms with Gasteiger partial charge in [-0.2, -0.15) is 0 Å². The van der Waals surface area contributed by atoms with Crippen molar-refractivity contribution in [3.05, 3.63) is 70.9 Å². The second-order valence-corrected chi connectivity index (χ2v) is 9.27. The van der Waals surface area contributed by atoms with Gasteiger partial charge in [-0.25, -0.2) is 4.79 Å². The number of pyridine rings is 1. The highest BCUT2D eigenvalue weighted by molar-refractivity contribution is 6.06. The standard InChI is InChI=1S/C28H33N3O3/c1-5-15-31-16-14-25-23(17-31)26(22-8-6-7-9-24(22)30-25)28(33)34-19(4)27(32)29-21-12-10-20(11-13-21)18(2)3/h6-13,18-19H,5,14-17H2,1-4H3,(H,29,32). The van der Waals surface area contributed by atoms with E-state index in [4.69, 9.17) is 9.72 Å². The van der Waals surface area contributed by atoms with Crippen LogP contribution in [0.3, 0.4) is 0 Å². The summed E-state index contributed by atoms with van der Waals surface area (Å²) in [6.07, 6.45) is 0.907. The number of rotatable bonds is 7. The molecule has 178 valence electrons. The maximum absolute atomic E-state index is 13.4. The molecule has 1 aromatic heterocycles. The van der Waals surface area contributed by atoms with Gasteiger partial charge in [0.2, 0.25) is 0 Å². The topological polar surface area (TPSA) is 71.5 Å². The number of fused-ring (bicyclic) bond motifs is 2. The predicted molar refractivity (Wildman–Crippen MR) is 135 cm³/mol. The molecule has 0 radical (unpaired) electrons. The van der Waals surface area contributed by atoms with Gasteiger partial charge < -0.3 is 10.1 Å². The fraction of sp³-hybridized carbons (Fsp3) is 0.393. The predicted octanol–water partition coefficient (Wildman–Crippen LogP) is 5.31. The normalized spacial score (nSPS) is 14.6. The second-order valence-electron chi connectivity index (χ2n) is 9.27. The molecule has 0 aliphatic carbocycles.